The second-order valence-electron chi connectivity index (χ2n) is 4.32. The Morgan fingerprint density at radius 1 is 1.14 bits per heavy atom. The zero-order valence-corrected chi connectivity index (χ0v) is 9.59. The van der Waals surface area contributed by atoms with E-state index in [1.54, 1.807) is 0 Å². The quantitative estimate of drug-likeness (QED) is 0.708. The van der Waals surface area contributed by atoms with Crippen molar-refractivity contribution in [3.63, 3.8) is 0 Å². The van der Waals surface area contributed by atoms with Gasteiger partial charge in [-0.15, -0.1) is 0 Å². The third-order valence-corrected chi connectivity index (χ3v) is 1.93. The second kappa shape index (κ2) is 6.57. The summed E-state index contributed by atoms with van der Waals surface area (Å²) in [4.78, 5) is 22.4. The highest BCUT2D eigenvalue weighted by molar-refractivity contribution is 5.81. The highest BCUT2D eigenvalue weighted by atomic mass is 16.1. The van der Waals surface area contributed by atoms with Gasteiger partial charge in [0.15, 0.2) is 0 Å². The Morgan fingerprint density at radius 2 is 1.71 bits per heavy atom. The smallest absolute Gasteiger partial charge is 0.220 e. The molecule has 82 valence electrons. The molecule has 0 spiro atoms. The molecule has 0 aliphatic rings. The molecule has 0 unspecified atom stereocenters. The van der Waals surface area contributed by atoms with Crippen LogP contribution in [0.2, 0.25) is 0 Å². The lowest BCUT2D eigenvalue weighted by molar-refractivity contribution is -0.123. The number of hydrogen-bond acceptors (Lipinski definition) is 2. The van der Waals surface area contributed by atoms with Crippen molar-refractivity contribution in [1.29, 1.82) is 0 Å². The fourth-order valence-electron chi connectivity index (χ4n) is 1.06. The largest absolute Gasteiger partial charge is 0.356 e. The molecule has 0 saturated heterocycles. The van der Waals surface area contributed by atoms with E-state index >= 15 is 0 Å². The topological polar surface area (TPSA) is 46.2 Å². The Morgan fingerprint density at radius 3 is 2.14 bits per heavy atom. The van der Waals surface area contributed by atoms with Crippen LogP contribution in [0.1, 0.15) is 40.5 Å². The van der Waals surface area contributed by atoms with Crippen LogP contribution < -0.4 is 5.32 Å². The van der Waals surface area contributed by atoms with Gasteiger partial charge >= 0.3 is 0 Å². The number of amides is 1. The van der Waals surface area contributed by atoms with Crippen molar-refractivity contribution in [1.82, 2.24) is 5.32 Å². The van der Waals surface area contributed by atoms with E-state index in [2.05, 4.69) is 5.32 Å². The van der Waals surface area contributed by atoms with Crippen molar-refractivity contribution >= 4 is 11.7 Å². The maximum Gasteiger partial charge on any atom is 0.220 e. The van der Waals surface area contributed by atoms with E-state index in [0.717, 1.165) is 0 Å². The summed E-state index contributed by atoms with van der Waals surface area (Å²) in [6.07, 6.45) is 0.984. The summed E-state index contributed by atoms with van der Waals surface area (Å²) < 4.78 is 0. The first kappa shape index (κ1) is 13.1. The maximum absolute atomic E-state index is 11.2. The van der Waals surface area contributed by atoms with Crippen molar-refractivity contribution in [2.45, 2.75) is 40.5 Å². The molecule has 0 aromatic heterocycles. The molecule has 0 aliphatic carbocycles. The van der Waals surface area contributed by atoms with E-state index in [1.165, 1.54) is 0 Å². The molecule has 0 saturated carbocycles. The Labute approximate surface area is 86.3 Å². The van der Waals surface area contributed by atoms with Gasteiger partial charge in [-0.05, 0) is 5.92 Å². The predicted molar refractivity (Wildman–Crippen MR) is 56.9 cm³/mol. The van der Waals surface area contributed by atoms with E-state index < -0.39 is 0 Å². The minimum Gasteiger partial charge on any atom is -0.356 e. The van der Waals surface area contributed by atoms with Crippen LogP contribution in [-0.2, 0) is 9.59 Å². The summed E-state index contributed by atoms with van der Waals surface area (Å²) in [5.41, 5.74) is 0. The number of hydrogen-bond donors (Lipinski definition) is 1. The van der Waals surface area contributed by atoms with E-state index in [9.17, 15) is 9.59 Å². The third-order valence-electron chi connectivity index (χ3n) is 1.93. The van der Waals surface area contributed by atoms with Gasteiger partial charge in [-0.2, -0.15) is 0 Å². The number of rotatable bonds is 6. The molecule has 0 aromatic rings. The molecule has 0 fully saturated rings. The zero-order chi connectivity index (χ0) is 11.1. The fourth-order valence-corrected chi connectivity index (χ4v) is 1.06. The molecule has 1 N–H and O–H groups in total. The number of nitrogens with one attached hydrogen (secondary N) is 1. The van der Waals surface area contributed by atoms with Gasteiger partial charge in [-0.3, -0.25) is 9.59 Å². The summed E-state index contributed by atoms with van der Waals surface area (Å²) in [5.74, 6) is 0.680. The molecular formula is C11H21NO2. The Kier molecular flexibility index (Phi) is 6.17. The molecule has 0 aliphatic heterocycles. The molecule has 0 bridgehead atoms. The molecule has 0 rings (SSSR count). The van der Waals surface area contributed by atoms with E-state index in [4.69, 9.17) is 0 Å². The monoisotopic (exact) mass is 199 g/mol. The maximum atomic E-state index is 11.2. The summed E-state index contributed by atoms with van der Waals surface area (Å²) >= 11 is 0. The SMILES string of the molecule is CC(C)CC(=O)NCCC(=O)C(C)C. The summed E-state index contributed by atoms with van der Waals surface area (Å²) in [7, 11) is 0. The first-order chi connectivity index (χ1) is 6.43. The average molecular weight is 199 g/mol. The summed E-state index contributed by atoms with van der Waals surface area (Å²) in [6.45, 7) is 8.22. The van der Waals surface area contributed by atoms with Crippen LogP contribution in [0.25, 0.3) is 0 Å². The number of ketones is 1. The fraction of sp³-hybridized carbons (Fsp3) is 0.818. The lowest BCUT2D eigenvalue weighted by Gasteiger charge is -2.07. The van der Waals surface area contributed by atoms with Gasteiger partial charge < -0.3 is 5.32 Å². The molecule has 3 heteroatoms. The molecule has 0 aromatic carbocycles. The first-order valence-corrected chi connectivity index (χ1v) is 5.23. The van der Waals surface area contributed by atoms with Gasteiger partial charge in [0.2, 0.25) is 5.91 Å². The molecule has 14 heavy (non-hydrogen) atoms. The molecular weight excluding hydrogens is 178 g/mol. The number of Topliss-reactive ketones (excluding diaryl/α,β-unsaturated/α-hetero) is 1. The highest BCUT2D eigenvalue weighted by Gasteiger charge is 2.08. The van der Waals surface area contributed by atoms with Crippen molar-refractivity contribution in [2.24, 2.45) is 11.8 Å². The van der Waals surface area contributed by atoms with Crippen molar-refractivity contribution in [2.75, 3.05) is 6.54 Å². The van der Waals surface area contributed by atoms with Crippen molar-refractivity contribution in [3.05, 3.63) is 0 Å². The molecule has 1 amide bonds. The molecule has 0 radical (unpaired) electrons. The van der Waals surface area contributed by atoms with Gasteiger partial charge in [0.1, 0.15) is 5.78 Å². The molecule has 0 atom stereocenters. The second-order valence-corrected chi connectivity index (χ2v) is 4.32. The first-order valence-electron chi connectivity index (χ1n) is 5.23. The number of carbonyl (C=O) groups is 2. The van der Waals surface area contributed by atoms with Crippen LogP contribution in [0.4, 0.5) is 0 Å². The standard InChI is InChI=1S/C11H21NO2/c1-8(2)7-11(14)12-6-5-10(13)9(3)4/h8-9H,5-7H2,1-4H3,(H,12,14). The van der Waals surface area contributed by atoms with Crippen LogP contribution in [0.3, 0.4) is 0 Å². The van der Waals surface area contributed by atoms with Gasteiger partial charge in [0.05, 0.1) is 0 Å². The van der Waals surface area contributed by atoms with E-state index in [0.29, 0.717) is 25.3 Å². The Bertz CT molecular complexity index is 197. The third kappa shape index (κ3) is 6.63. The number of carbonyl (C=O) groups excluding carboxylic acids is 2. The normalized spacial score (nSPS) is 10.7. The van der Waals surface area contributed by atoms with Crippen LogP contribution in [-0.4, -0.2) is 18.2 Å². The van der Waals surface area contributed by atoms with E-state index in [-0.39, 0.29) is 17.6 Å². The van der Waals surface area contributed by atoms with Gasteiger partial charge in [0.25, 0.3) is 0 Å². The van der Waals surface area contributed by atoms with Crippen LogP contribution in [0.15, 0.2) is 0 Å². The minimum atomic E-state index is 0.0385. The van der Waals surface area contributed by atoms with E-state index in [1.807, 2.05) is 27.7 Å². The van der Waals surface area contributed by atoms with Crippen LogP contribution in [0.5, 0.6) is 0 Å². The van der Waals surface area contributed by atoms with Gasteiger partial charge in [0, 0.05) is 25.3 Å². The minimum absolute atomic E-state index is 0.0385. The van der Waals surface area contributed by atoms with Gasteiger partial charge in [-0.25, -0.2) is 0 Å². The van der Waals surface area contributed by atoms with Crippen LogP contribution in [0, 0.1) is 11.8 Å². The van der Waals surface area contributed by atoms with Gasteiger partial charge in [-0.1, -0.05) is 27.7 Å². The zero-order valence-electron chi connectivity index (χ0n) is 9.59. The Balaban J connectivity index is 3.54. The average Bonchev–Trinajstić information content (AvgIpc) is 2.02. The van der Waals surface area contributed by atoms with Crippen LogP contribution >= 0.6 is 0 Å². The summed E-state index contributed by atoms with van der Waals surface area (Å²) in [6, 6.07) is 0. The van der Waals surface area contributed by atoms with Crippen molar-refractivity contribution in [3.8, 4) is 0 Å². The Hall–Kier alpha value is -0.860. The van der Waals surface area contributed by atoms with Crippen molar-refractivity contribution < 1.29 is 9.59 Å². The predicted octanol–water partition coefficient (Wildman–Crippen LogP) is 1.76. The highest BCUT2D eigenvalue weighted by Crippen LogP contribution is 1.99. The lowest BCUT2D eigenvalue weighted by atomic mass is 10.1. The lowest BCUT2D eigenvalue weighted by Crippen LogP contribution is -2.27. The summed E-state index contributed by atoms with van der Waals surface area (Å²) in [5, 5.41) is 2.74. The molecule has 3 nitrogen and oxygen atoms in total. The molecule has 0 heterocycles.